The molecule has 2 rings (SSSR count). The fraction of sp³-hybridized carbons (Fsp3) is 0.588. The van der Waals surface area contributed by atoms with Crippen molar-refractivity contribution in [2.75, 3.05) is 18.0 Å². The molecule has 1 aliphatic rings. The Bertz CT molecular complexity index is 424. The van der Waals surface area contributed by atoms with Crippen molar-refractivity contribution in [2.24, 2.45) is 5.92 Å². The quantitative estimate of drug-likeness (QED) is 0.900. The highest BCUT2D eigenvalue weighted by molar-refractivity contribution is 5.95. The summed E-state index contributed by atoms with van der Waals surface area (Å²) in [5, 5.41) is 3.42. The fourth-order valence-electron chi connectivity index (χ4n) is 2.87. The molecule has 1 fully saturated rings. The van der Waals surface area contributed by atoms with Crippen LogP contribution in [0.4, 0.5) is 5.69 Å². The van der Waals surface area contributed by atoms with E-state index in [4.69, 9.17) is 0 Å². The van der Waals surface area contributed by atoms with E-state index in [0.717, 1.165) is 44.5 Å². The Labute approximate surface area is 134 Å². The molecule has 1 saturated heterocycles. The van der Waals surface area contributed by atoms with Crippen molar-refractivity contribution in [1.82, 2.24) is 5.32 Å². The van der Waals surface area contributed by atoms with Gasteiger partial charge in [0.05, 0.1) is 0 Å². The van der Waals surface area contributed by atoms with E-state index in [9.17, 15) is 4.79 Å². The maximum atomic E-state index is 12.8. The van der Waals surface area contributed by atoms with Crippen LogP contribution in [0.3, 0.4) is 0 Å². The molecule has 0 bridgehead atoms. The van der Waals surface area contributed by atoms with E-state index in [2.05, 4.69) is 19.2 Å². The summed E-state index contributed by atoms with van der Waals surface area (Å²) < 4.78 is 0. The van der Waals surface area contributed by atoms with Gasteiger partial charge in [-0.1, -0.05) is 31.5 Å². The van der Waals surface area contributed by atoms with Crippen molar-refractivity contribution in [1.29, 1.82) is 0 Å². The molecule has 1 amide bonds. The highest BCUT2D eigenvalue weighted by Gasteiger charge is 2.28. The zero-order chi connectivity index (χ0) is 14.4. The highest BCUT2D eigenvalue weighted by Crippen LogP contribution is 2.23. The molecular formula is C17H27ClN2O. The largest absolute Gasteiger partial charge is 0.314 e. The Morgan fingerprint density at radius 2 is 2.05 bits per heavy atom. The van der Waals surface area contributed by atoms with E-state index in [-0.39, 0.29) is 18.3 Å². The topological polar surface area (TPSA) is 32.3 Å². The molecule has 1 heterocycles. The van der Waals surface area contributed by atoms with Crippen molar-refractivity contribution < 1.29 is 4.79 Å². The first-order valence-electron chi connectivity index (χ1n) is 7.82. The third-order valence-electron chi connectivity index (χ3n) is 4.04. The number of para-hydroxylation sites is 1. The summed E-state index contributed by atoms with van der Waals surface area (Å²) in [6, 6.07) is 10.5. The first kappa shape index (κ1) is 18.0. The number of nitrogens with one attached hydrogen (secondary N) is 1. The maximum absolute atomic E-state index is 12.8. The lowest BCUT2D eigenvalue weighted by atomic mass is 9.91. The van der Waals surface area contributed by atoms with Gasteiger partial charge >= 0.3 is 0 Å². The first-order valence-corrected chi connectivity index (χ1v) is 7.82. The van der Waals surface area contributed by atoms with Crippen LogP contribution in [0.15, 0.2) is 30.3 Å². The van der Waals surface area contributed by atoms with Crippen LogP contribution in [0, 0.1) is 5.92 Å². The number of carbonyl (C=O) groups is 1. The molecule has 0 saturated carbocycles. The average Bonchev–Trinajstić information content (AvgIpc) is 2.48. The third-order valence-corrected chi connectivity index (χ3v) is 4.04. The van der Waals surface area contributed by atoms with Crippen molar-refractivity contribution in [3.63, 3.8) is 0 Å². The van der Waals surface area contributed by atoms with Crippen LogP contribution in [0.2, 0.25) is 0 Å². The molecule has 0 unspecified atom stereocenters. The predicted molar refractivity (Wildman–Crippen MR) is 91.1 cm³/mol. The van der Waals surface area contributed by atoms with Crippen molar-refractivity contribution in [3.8, 4) is 0 Å². The van der Waals surface area contributed by atoms with Crippen molar-refractivity contribution in [3.05, 3.63) is 30.3 Å². The number of amides is 1. The molecule has 0 radical (unpaired) electrons. The normalized spacial score (nSPS) is 21.4. The molecule has 2 atom stereocenters. The molecule has 1 aromatic rings. The maximum Gasteiger partial charge on any atom is 0.230 e. The van der Waals surface area contributed by atoms with Gasteiger partial charge in [-0.05, 0) is 44.9 Å². The summed E-state index contributed by atoms with van der Waals surface area (Å²) in [5.41, 5.74) is 1.04. The lowest BCUT2D eigenvalue weighted by Gasteiger charge is -2.32. The van der Waals surface area contributed by atoms with Gasteiger partial charge in [0, 0.05) is 24.2 Å². The number of benzene rings is 1. The summed E-state index contributed by atoms with van der Waals surface area (Å²) in [7, 11) is 0. The summed E-state index contributed by atoms with van der Waals surface area (Å²) in [6.45, 7) is 6.12. The number of unbranched alkanes of at least 4 members (excludes halogenated alkanes) is 1. The molecule has 0 spiro atoms. The summed E-state index contributed by atoms with van der Waals surface area (Å²) in [5.74, 6) is 0.473. The van der Waals surface area contributed by atoms with Crippen molar-refractivity contribution >= 4 is 24.0 Å². The molecule has 1 aromatic carbocycles. The standard InChI is InChI=1S/C17H26N2O.ClH/c1-3-4-12-19(16-8-6-5-7-9-16)17(20)15-10-11-18-14(2)13-15;/h5-9,14-15,18H,3-4,10-13H2,1-2H3;1H/t14-,15-;/m0./s1. The number of nitrogens with zero attached hydrogens (tertiary/aromatic N) is 1. The zero-order valence-electron chi connectivity index (χ0n) is 13.0. The highest BCUT2D eigenvalue weighted by atomic mass is 35.5. The molecule has 4 heteroatoms. The van der Waals surface area contributed by atoms with E-state index in [1.165, 1.54) is 0 Å². The molecule has 1 aliphatic heterocycles. The second kappa shape index (κ2) is 9.06. The van der Waals surface area contributed by atoms with Crippen molar-refractivity contribution in [2.45, 2.75) is 45.6 Å². The molecular weight excluding hydrogens is 284 g/mol. The van der Waals surface area contributed by atoms with Gasteiger partial charge in [-0.3, -0.25) is 4.79 Å². The third kappa shape index (κ3) is 5.01. The van der Waals surface area contributed by atoms with E-state index >= 15 is 0 Å². The Morgan fingerprint density at radius 1 is 1.33 bits per heavy atom. The minimum absolute atomic E-state index is 0. The van der Waals surface area contributed by atoms with Gasteiger partial charge in [0.1, 0.15) is 0 Å². The minimum atomic E-state index is 0. The SMILES string of the molecule is CCCCN(C(=O)[C@H]1CCN[C@@H](C)C1)c1ccccc1.Cl. The van der Waals surface area contributed by atoms with E-state index in [0.29, 0.717) is 11.9 Å². The van der Waals surface area contributed by atoms with Gasteiger partial charge in [-0.2, -0.15) is 0 Å². The van der Waals surface area contributed by atoms with Crippen LogP contribution >= 0.6 is 12.4 Å². The molecule has 0 aliphatic carbocycles. The molecule has 21 heavy (non-hydrogen) atoms. The van der Waals surface area contributed by atoms with Gasteiger partial charge in [-0.25, -0.2) is 0 Å². The zero-order valence-corrected chi connectivity index (χ0v) is 13.9. The van der Waals surface area contributed by atoms with Gasteiger partial charge < -0.3 is 10.2 Å². The number of carbonyl (C=O) groups excluding carboxylic acids is 1. The number of hydrogen-bond acceptors (Lipinski definition) is 2. The lowest BCUT2D eigenvalue weighted by Crippen LogP contribution is -2.44. The van der Waals surface area contributed by atoms with Crippen LogP contribution in [0.1, 0.15) is 39.5 Å². The van der Waals surface area contributed by atoms with Crippen LogP contribution < -0.4 is 10.2 Å². The smallest absolute Gasteiger partial charge is 0.230 e. The van der Waals surface area contributed by atoms with Crippen LogP contribution in [0.25, 0.3) is 0 Å². The Morgan fingerprint density at radius 3 is 2.67 bits per heavy atom. The number of halogens is 1. The minimum Gasteiger partial charge on any atom is -0.314 e. The summed E-state index contributed by atoms with van der Waals surface area (Å²) >= 11 is 0. The summed E-state index contributed by atoms with van der Waals surface area (Å²) in [4.78, 5) is 14.8. The van der Waals surface area contributed by atoms with Gasteiger partial charge in [0.15, 0.2) is 0 Å². The number of anilines is 1. The average molecular weight is 311 g/mol. The van der Waals surface area contributed by atoms with E-state index in [1.807, 2.05) is 35.2 Å². The van der Waals surface area contributed by atoms with Gasteiger partial charge in [-0.15, -0.1) is 12.4 Å². The number of hydrogen-bond donors (Lipinski definition) is 1. The lowest BCUT2D eigenvalue weighted by molar-refractivity contribution is -0.123. The van der Waals surface area contributed by atoms with Gasteiger partial charge in [0.25, 0.3) is 0 Å². The van der Waals surface area contributed by atoms with E-state index in [1.54, 1.807) is 0 Å². The number of piperidine rings is 1. The second-order valence-electron chi connectivity index (χ2n) is 5.76. The molecule has 118 valence electrons. The second-order valence-corrected chi connectivity index (χ2v) is 5.76. The van der Waals surface area contributed by atoms with Crippen LogP contribution in [-0.4, -0.2) is 25.0 Å². The predicted octanol–water partition coefficient (Wildman–Crippen LogP) is 3.63. The monoisotopic (exact) mass is 310 g/mol. The molecule has 1 N–H and O–H groups in total. The molecule has 0 aromatic heterocycles. The molecule has 3 nitrogen and oxygen atoms in total. The number of rotatable bonds is 5. The summed E-state index contributed by atoms with van der Waals surface area (Å²) in [6.07, 6.45) is 4.08. The van der Waals surface area contributed by atoms with E-state index < -0.39 is 0 Å². The van der Waals surface area contributed by atoms with Crippen LogP contribution in [0.5, 0.6) is 0 Å². The Balaban J connectivity index is 0.00000220. The van der Waals surface area contributed by atoms with Crippen LogP contribution in [-0.2, 0) is 4.79 Å². The first-order chi connectivity index (χ1) is 9.72. The Hall–Kier alpha value is -1.06. The van der Waals surface area contributed by atoms with Gasteiger partial charge in [0.2, 0.25) is 5.91 Å². The fourth-order valence-corrected chi connectivity index (χ4v) is 2.87. The Kier molecular flexibility index (Phi) is 7.76.